The molecule has 2 aromatic carbocycles. The summed E-state index contributed by atoms with van der Waals surface area (Å²) in [6.45, 7) is 9.81. The van der Waals surface area contributed by atoms with Crippen LogP contribution < -0.4 is 29.1 Å². The Hall–Kier alpha value is -3.08. The van der Waals surface area contributed by atoms with Gasteiger partial charge in [0.2, 0.25) is 0 Å². The molecule has 0 bridgehead atoms. The monoisotopic (exact) mass is 648 g/mol. The van der Waals surface area contributed by atoms with Crippen LogP contribution in [-0.2, 0) is 9.53 Å². The van der Waals surface area contributed by atoms with Gasteiger partial charge in [0.05, 0.1) is 48.3 Å². The highest BCUT2D eigenvalue weighted by atomic mass is 79.9. The summed E-state index contributed by atoms with van der Waals surface area (Å²) in [5, 5.41) is 0.513. The van der Waals surface area contributed by atoms with Gasteiger partial charge in [-0.3, -0.25) is 9.36 Å². The van der Waals surface area contributed by atoms with Crippen molar-refractivity contribution >= 4 is 50.9 Å². The molecule has 4 rings (SSSR count). The van der Waals surface area contributed by atoms with Gasteiger partial charge in [0, 0.05) is 15.1 Å². The lowest BCUT2D eigenvalue weighted by atomic mass is 9.95. The van der Waals surface area contributed by atoms with E-state index in [1.54, 1.807) is 50.3 Å². The molecule has 3 aromatic rings. The summed E-state index contributed by atoms with van der Waals surface area (Å²) >= 11 is 11.1. The first-order valence-electron chi connectivity index (χ1n) is 12.8. The molecule has 8 nitrogen and oxygen atoms in total. The molecule has 0 fully saturated rings. The number of aromatic nitrogens is 1. The fourth-order valence-electron chi connectivity index (χ4n) is 4.41. The van der Waals surface area contributed by atoms with Crippen molar-refractivity contribution in [1.29, 1.82) is 0 Å². The Morgan fingerprint density at radius 1 is 1.18 bits per heavy atom. The molecule has 40 heavy (non-hydrogen) atoms. The Kier molecular flexibility index (Phi) is 9.43. The van der Waals surface area contributed by atoms with E-state index in [2.05, 4.69) is 20.9 Å². The summed E-state index contributed by atoms with van der Waals surface area (Å²) in [7, 11) is 1.54. The van der Waals surface area contributed by atoms with E-state index in [0.717, 1.165) is 0 Å². The molecule has 0 unspecified atom stereocenters. The molecule has 0 radical (unpaired) electrons. The summed E-state index contributed by atoms with van der Waals surface area (Å²) in [4.78, 5) is 32.4. The van der Waals surface area contributed by atoms with Crippen molar-refractivity contribution in [3.63, 3.8) is 0 Å². The van der Waals surface area contributed by atoms with Gasteiger partial charge in [-0.1, -0.05) is 38.9 Å². The summed E-state index contributed by atoms with van der Waals surface area (Å²) in [6.07, 6.45) is 1.66. The number of benzene rings is 2. The highest BCUT2D eigenvalue weighted by molar-refractivity contribution is 9.10. The minimum atomic E-state index is -0.831. The van der Waals surface area contributed by atoms with Crippen LogP contribution in [0.1, 0.15) is 51.8 Å². The van der Waals surface area contributed by atoms with Crippen LogP contribution in [0.3, 0.4) is 0 Å². The summed E-state index contributed by atoms with van der Waals surface area (Å²) < 4.78 is 25.2. The van der Waals surface area contributed by atoms with Crippen LogP contribution >= 0.6 is 38.9 Å². The molecular weight excluding hydrogens is 620 g/mol. The first kappa shape index (κ1) is 29.9. The topological polar surface area (TPSA) is 88.4 Å². The van der Waals surface area contributed by atoms with E-state index in [-0.39, 0.29) is 23.8 Å². The van der Waals surface area contributed by atoms with Crippen molar-refractivity contribution in [2.45, 2.75) is 46.8 Å². The lowest BCUT2D eigenvalue weighted by Gasteiger charge is -2.26. The fraction of sp³-hybridized carbons (Fsp3) is 0.345. The average Bonchev–Trinajstić information content (AvgIpc) is 3.19. The molecule has 1 aromatic heterocycles. The third-order valence-electron chi connectivity index (χ3n) is 6.02. The van der Waals surface area contributed by atoms with Gasteiger partial charge >= 0.3 is 5.97 Å². The van der Waals surface area contributed by atoms with Crippen molar-refractivity contribution in [3.8, 4) is 17.2 Å². The Bertz CT molecular complexity index is 1660. The zero-order valence-electron chi connectivity index (χ0n) is 23.0. The molecule has 11 heteroatoms. The first-order valence-corrected chi connectivity index (χ1v) is 14.7. The highest BCUT2D eigenvalue weighted by Crippen LogP contribution is 2.41. The van der Waals surface area contributed by atoms with Crippen LogP contribution in [0.4, 0.5) is 0 Å². The van der Waals surface area contributed by atoms with E-state index in [1.807, 2.05) is 20.8 Å². The second-order valence-electron chi connectivity index (χ2n) is 9.11. The summed E-state index contributed by atoms with van der Waals surface area (Å²) in [6, 6.07) is 7.97. The van der Waals surface area contributed by atoms with Gasteiger partial charge in [0.15, 0.2) is 16.3 Å². The third-order valence-corrected chi connectivity index (χ3v) is 7.92. The SMILES string of the molecule is CCOC(=O)C1=C(C)N=c2s/c(=C\c3cc(Cl)ccc3OC(C)C)c(=O)n2[C@@H]1c1cc(OC)c(OCC)cc1Br. The number of methoxy groups -OCH3 is 1. The van der Waals surface area contributed by atoms with Gasteiger partial charge in [-0.05, 0) is 76.6 Å². The van der Waals surface area contributed by atoms with Crippen molar-refractivity contribution in [3.05, 3.63) is 81.9 Å². The largest absolute Gasteiger partial charge is 0.493 e. The van der Waals surface area contributed by atoms with Crippen molar-refractivity contribution in [2.75, 3.05) is 20.3 Å². The van der Waals surface area contributed by atoms with E-state index in [0.29, 0.717) is 59.5 Å². The molecule has 0 saturated carbocycles. The smallest absolute Gasteiger partial charge is 0.338 e. The Balaban J connectivity index is 2.00. The number of carbonyl (C=O) groups excluding carboxylic acids is 1. The maximum Gasteiger partial charge on any atom is 0.338 e. The molecule has 0 saturated heterocycles. The second-order valence-corrected chi connectivity index (χ2v) is 11.4. The second kappa shape index (κ2) is 12.6. The van der Waals surface area contributed by atoms with E-state index in [4.69, 9.17) is 30.5 Å². The molecule has 0 amide bonds. The first-order chi connectivity index (χ1) is 19.1. The van der Waals surface area contributed by atoms with Gasteiger partial charge in [0.25, 0.3) is 5.56 Å². The van der Waals surface area contributed by atoms with E-state index < -0.39 is 12.0 Å². The number of allylic oxidation sites excluding steroid dienone is 1. The third kappa shape index (κ3) is 5.99. The average molecular weight is 650 g/mol. The van der Waals surface area contributed by atoms with Crippen LogP contribution in [0.15, 0.2) is 55.9 Å². The molecule has 0 N–H and O–H groups in total. The number of hydrogen-bond acceptors (Lipinski definition) is 8. The van der Waals surface area contributed by atoms with Gasteiger partial charge in [-0.15, -0.1) is 0 Å². The van der Waals surface area contributed by atoms with E-state index in [1.165, 1.54) is 23.0 Å². The molecule has 1 aliphatic rings. The van der Waals surface area contributed by atoms with Crippen LogP contribution in [0.2, 0.25) is 5.02 Å². The predicted octanol–water partition coefficient (Wildman–Crippen LogP) is 5.41. The van der Waals surface area contributed by atoms with Gasteiger partial charge < -0.3 is 18.9 Å². The van der Waals surface area contributed by atoms with Gasteiger partial charge in [-0.2, -0.15) is 0 Å². The van der Waals surface area contributed by atoms with E-state index in [9.17, 15) is 9.59 Å². The normalized spacial score (nSPS) is 15.1. The minimum Gasteiger partial charge on any atom is -0.493 e. The Morgan fingerprint density at radius 3 is 2.58 bits per heavy atom. The maximum atomic E-state index is 14.1. The standard InChI is InChI=1S/C29H30BrClN2O6S/c1-7-37-23-14-20(30)19(13-22(23)36-6)26-25(28(35)38-8-2)16(5)32-29-33(26)27(34)24(40-29)12-17-11-18(31)9-10-21(17)39-15(3)4/h9-15,26H,7-8H2,1-6H3/b24-12-/t26-/m1/s1. The molecule has 1 atom stereocenters. The molecule has 1 aliphatic heterocycles. The number of esters is 1. The van der Waals surface area contributed by atoms with Crippen LogP contribution in [-0.4, -0.2) is 37.0 Å². The molecule has 0 aliphatic carbocycles. The van der Waals surface area contributed by atoms with E-state index >= 15 is 0 Å². The summed E-state index contributed by atoms with van der Waals surface area (Å²) in [5.74, 6) is 1.05. The van der Waals surface area contributed by atoms with Crippen molar-refractivity contribution < 1.29 is 23.7 Å². The molecule has 0 spiro atoms. The van der Waals surface area contributed by atoms with Gasteiger partial charge in [0.1, 0.15) is 5.75 Å². The number of ether oxygens (including phenoxy) is 4. The number of fused-ring (bicyclic) bond motifs is 1. The highest BCUT2D eigenvalue weighted by Gasteiger charge is 2.35. The maximum absolute atomic E-state index is 14.1. The fourth-order valence-corrected chi connectivity index (χ4v) is 6.17. The number of halogens is 2. The quantitative estimate of drug-likeness (QED) is 0.288. The lowest BCUT2D eigenvalue weighted by molar-refractivity contribution is -0.139. The van der Waals surface area contributed by atoms with Crippen LogP contribution in [0.5, 0.6) is 17.2 Å². The van der Waals surface area contributed by atoms with Crippen molar-refractivity contribution in [1.82, 2.24) is 4.57 Å². The molecule has 2 heterocycles. The van der Waals surface area contributed by atoms with Crippen molar-refractivity contribution in [2.24, 2.45) is 4.99 Å². The number of carbonyl (C=O) groups is 1. The van der Waals surface area contributed by atoms with Gasteiger partial charge in [-0.25, -0.2) is 9.79 Å². The molecular formula is C29H30BrClN2O6S. The summed E-state index contributed by atoms with van der Waals surface area (Å²) in [5.41, 5.74) is 1.69. The number of hydrogen-bond donors (Lipinski definition) is 0. The van der Waals surface area contributed by atoms with Crippen LogP contribution in [0, 0.1) is 0 Å². The zero-order chi connectivity index (χ0) is 29.1. The minimum absolute atomic E-state index is 0.0729. The van der Waals surface area contributed by atoms with Crippen LogP contribution in [0.25, 0.3) is 6.08 Å². The molecule has 212 valence electrons. The number of rotatable bonds is 9. The number of thiazole rings is 1. The zero-order valence-corrected chi connectivity index (χ0v) is 26.2. The number of nitrogens with zero attached hydrogens (tertiary/aromatic N) is 2. The predicted molar refractivity (Wildman–Crippen MR) is 159 cm³/mol. The Morgan fingerprint density at radius 2 is 1.93 bits per heavy atom. The Labute approximate surface area is 249 Å². The lowest BCUT2D eigenvalue weighted by Crippen LogP contribution is -2.40.